The van der Waals surface area contributed by atoms with Gasteiger partial charge in [0.2, 0.25) is 0 Å². The molecule has 35 heavy (non-hydrogen) atoms. The number of imidazole rings is 1. The molecule has 6 rings (SSSR count). The minimum Gasteiger partial charge on any atom is -0.385 e. The SMILES string of the molecule is Cc1ccc(S(=O)(=O)n2ccc3c2ncc2nc([C@@H](C)O)n(N4CCC5(CC4)CC5C#N)c23)cc1. The van der Waals surface area contributed by atoms with Crippen LogP contribution in [-0.4, -0.2) is 45.2 Å². The highest BCUT2D eigenvalue weighted by atomic mass is 32.2. The van der Waals surface area contributed by atoms with E-state index in [0.29, 0.717) is 22.4 Å². The first-order chi connectivity index (χ1) is 16.7. The number of benzene rings is 1. The molecule has 1 saturated heterocycles. The minimum absolute atomic E-state index is 0.120. The molecule has 1 saturated carbocycles. The van der Waals surface area contributed by atoms with Crippen LogP contribution in [0.3, 0.4) is 0 Å². The molecule has 4 heterocycles. The molecular formula is C25H26N6O3S. The van der Waals surface area contributed by atoms with Crippen LogP contribution in [0.2, 0.25) is 0 Å². The zero-order valence-corrected chi connectivity index (χ0v) is 20.4. The van der Waals surface area contributed by atoms with Gasteiger partial charge in [0.25, 0.3) is 10.0 Å². The van der Waals surface area contributed by atoms with E-state index in [4.69, 9.17) is 0 Å². The van der Waals surface area contributed by atoms with E-state index in [9.17, 15) is 18.8 Å². The van der Waals surface area contributed by atoms with Crippen LogP contribution < -0.4 is 5.01 Å². The first kappa shape index (κ1) is 22.1. The van der Waals surface area contributed by atoms with E-state index in [0.717, 1.165) is 43.4 Å². The summed E-state index contributed by atoms with van der Waals surface area (Å²) in [7, 11) is -3.84. The summed E-state index contributed by atoms with van der Waals surface area (Å²) < 4.78 is 30.0. The third-order valence-corrected chi connectivity index (χ3v) is 9.29. The average Bonchev–Trinajstić information content (AvgIpc) is 3.17. The molecule has 1 aliphatic carbocycles. The third-order valence-electron chi connectivity index (χ3n) is 7.61. The van der Waals surface area contributed by atoms with E-state index in [-0.39, 0.29) is 16.2 Å². The second kappa shape index (κ2) is 7.54. The molecule has 1 spiro atoms. The first-order valence-electron chi connectivity index (χ1n) is 11.8. The molecule has 0 amide bonds. The van der Waals surface area contributed by atoms with Gasteiger partial charge < -0.3 is 10.1 Å². The maximum Gasteiger partial charge on any atom is 0.269 e. The van der Waals surface area contributed by atoms with Crippen LogP contribution in [0, 0.1) is 29.6 Å². The Kier molecular flexibility index (Phi) is 4.75. The maximum atomic E-state index is 13.4. The Morgan fingerprint density at radius 1 is 1.20 bits per heavy atom. The minimum atomic E-state index is -3.84. The van der Waals surface area contributed by atoms with Gasteiger partial charge in [-0.3, -0.25) is 0 Å². The van der Waals surface area contributed by atoms with Crippen molar-refractivity contribution in [1.29, 1.82) is 5.26 Å². The van der Waals surface area contributed by atoms with Gasteiger partial charge in [-0.15, -0.1) is 0 Å². The number of pyridine rings is 1. The Morgan fingerprint density at radius 3 is 2.54 bits per heavy atom. The van der Waals surface area contributed by atoms with E-state index < -0.39 is 16.1 Å². The number of nitrogens with zero attached hydrogens (tertiary/aromatic N) is 6. The molecule has 1 aliphatic heterocycles. The third kappa shape index (κ3) is 3.26. The Morgan fingerprint density at radius 2 is 1.91 bits per heavy atom. The van der Waals surface area contributed by atoms with Gasteiger partial charge in [0.05, 0.1) is 23.1 Å². The van der Waals surface area contributed by atoms with Crippen LogP contribution in [-0.2, 0) is 10.0 Å². The highest BCUT2D eigenvalue weighted by Crippen LogP contribution is 2.58. The van der Waals surface area contributed by atoms with Crippen molar-refractivity contribution in [2.24, 2.45) is 11.3 Å². The number of hydrogen-bond acceptors (Lipinski definition) is 7. The molecular weight excluding hydrogens is 464 g/mol. The summed E-state index contributed by atoms with van der Waals surface area (Å²) in [4.78, 5) is 9.31. The molecule has 2 fully saturated rings. The molecule has 4 aromatic rings. The van der Waals surface area contributed by atoms with Crippen molar-refractivity contribution in [3.05, 3.63) is 54.1 Å². The fourth-order valence-electron chi connectivity index (χ4n) is 5.43. The summed E-state index contributed by atoms with van der Waals surface area (Å²) in [5.74, 6) is 0.629. The highest BCUT2D eigenvalue weighted by molar-refractivity contribution is 7.90. The van der Waals surface area contributed by atoms with Gasteiger partial charge in [-0.2, -0.15) is 5.26 Å². The van der Waals surface area contributed by atoms with E-state index in [1.807, 2.05) is 11.6 Å². The van der Waals surface area contributed by atoms with Gasteiger partial charge in [-0.25, -0.2) is 27.0 Å². The van der Waals surface area contributed by atoms with Crippen LogP contribution in [0.5, 0.6) is 0 Å². The van der Waals surface area contributed by atoms with E-state index in [1.54, 1.807) is 43.5 Å². The van der Waals surface area contributed by atoms with Crippen molar-refractivity contribution in [3.63, 3.8) is 0 Å². The molecule has 1 aromatic carbocycles. The number of nitriles is 1. The lowest BCUT2D eigenvalue weighted by Gasteiger charge is -2.36. The number of piperidine rings is 1. The normalized spacial score (nSPS) is 20.4. The molecule has 1 N–H and O–H groups in total. The monoisotopic (exact) mass is 490 g/mol. The lowest BCUT2D eigenvalue weighted by molar-refractivity contribution is 0.181. The standard InChI is InChI=1S/C25H26N6O3S/c1-16-3-5-19(6-4-16)35(33,34)30-10-7-20-22-21(15-27-24(20)30)28-23(17(2)32)31(22)29-11-8-25(9-12-29)13-18(25)14-26/h3-7,10,15,17-18,32H,8-9,11-13H2,1-2H3/t17-,18?/m1/s1. The van der Waals surface area contributed by atoms with Crippen molar-refractivity contribution in [3.8, 4) is 6.07 Å². The molecule has 10 heteroatoms. The average molecular weight is 491 g/mol. The quantitative estimate of drug-likeness (QED) is 0.467. The number of fused-ring (bicyclic) bond motifs is 3. The zero-order chi connectivity index (χ0) is 24.5. The van der Waals surface area contributed by atoms with Crippen LogP contribution in [0.1, 0.15) is 43.7 Å². The van der Waals surface area contributed by atoms with Crippen LogP contribution in [0.4, 0.5) is 0 Å². The summed E-state index contributed by atoms with van der Waals surface area (Å²) in [6.45, 7) is 5.05. The molecule has 180 valence electrons. The second-order valence-corrected chi connectivity index (χ2v) is 11.6. The summed E-state index contributed by atoms with van der Waals surface area (Å²) in [6, 6.07) is 10.9. The van der Waals surface area contributed by atoms with E-state index in [1.165, 1.54) is 10.2 Å². The Hall–Kier alpha value is -3.42. The van der Waals surface area contributed by atoms with Crippen molar-refractivity contribution >= 4 is 32.1 Å². The molecule has 0 bridgehead atoms. The number of aliphatic hydroxyl groups is 1. The number of aliphatic hydroxyl groups excluding tert-OH is 1. The Labute approximate surface area is 203 Å². The zero-order valence-electron chi connectivity index (χ0n) is 19.6. The van der Waals surface area contributed by atoms with Crippen molar-refractivity contribution in [2.75, 3.05) is 18.1 Å². The van der Waals surface area contributed by atoms with Crippen LogP contribution in [0.15, 0.2) is 47.6 Å². The van der Waals surface area contributed by atoms with E-state index in [2.05, 4.69) is 21.0 Å². The molecule has 3 aromatic heterocycles. The summed E-state index contributed by atoms with van der Waals surface area (Å²) in [5.41, 5.74) is 2.74. The van der Waals surface area contributed by atoms with Gasteiger partial charge >= 0.3 is 0 Å². The topological polar surface area (TPSA) is 117 Å². The summed E-state index contributed by atoms with van der Waals surface area (Å²) >= 11 is 0. The molecule has 1 unspecified atom stereocenters. The predicted molar refractivity (Wildman–Crippen MR) is 131 cm³/mol. The Balaban J connectivity index is 1.48. The molecule has 9 nitrogen and oxygen atoms in total. The summed E-state index contributed by atoms with van der Waals surface area (Å²) in [5, 5.41) is 22.7. The molecule has 0 radical (unpaired) electrons. The van der Waals surface area contributed by atoms with Crippen LogP contribution in [0.25, 0.3) is 22.1 Å². The number of rotatable bonds is 4. The first-order valence-corrected chi connectivity index (χ1v) is 13.2. The lowest BCUT2D eigenvalue weighted by Crippen LogP contribution is -2.43. The number of hydrogen-bond donors (Lipinski definition) is 1. The predicted octanol–water partition coefficient (Wildman–Crippen LogP) is 3.25. The Bertz CT molecular complexity index is 1600. The summed E-state index contributed by atoms with van der Waals surface area (Å²) in [6.07, 6.45) is 5.04. The van der Waals surface area contributed by atoms with Crippen molar-refractivity contribution in [2.45, 2.75) is 44.1 Å². The second-order valence-electron chi connectivity index (χ2n) is 9.82. The van der Waals surface area contributed by atoms with Gasteiger partial charge in [-0.1, -0.05) is 17.7 Å². The van der Waals surface area contributed by atoms with Gasteiger partial charge in [-0.05, 0) is 56.7 Å². The lowest BCUT2D eigenvalue weighted by atomic mass is 9.92. The smallest absolute Gasteiger partial charge is 0.269 e. The molecule has 2 atom stereocenters. The maximum absolute atomic E-state index is 13.4. The van der Waals surface area contributed by atoms with Gasteiger partial charge in [0.15, 0.2) is 11.5 Å². The van der Waals surface area contributed by atoms with Gasteiger partial charge in [0, 0.05) is 24.7 Å². The van der Waals surface area contributed by atoms with Crippen molar-refractivity contribution < 1.29 is 13.5 Å². The largest absolute Gasteiger partial charge is 0.385 e. The van der Waals surface area contributed by atoms with Crippen molar-refractivity contribution in [1.82, 2.24) is 18.6 Å². The van der Waals surface area contributed by atoms with E-state index >= 15 is 0 Å². The van der Waals surface area contributed by atoms with Gasteiger partial charge in [0.1, 0.15) is 17.1 Å². The van der Waals surface area contributed by atoms with Crippen LogP contribution >= 0.6 is 0 Å². The molecule has 2 aliphatic rings. The highest BCUT2D eigenvalue weighted by Gasteiger charge is 2.55. The number of aromatic nitrogens is 4. The number of aryl methyl sites for hydroxylation is 1. The fraction of sp³-hybridized carbons (Fsp3) is 0.400. The fourth-order valence-corrected chi connectivity index (χ4v) is 6.73.